The molecule has 0 aliphatic rings. The molecule has 0 fully saturated rings. The monoisotopic (exact) mass is 550 g/mol. The van der Waals surface area contributed by atoms with Gasteiger partial charge in [0.15, 0.2) is 0 Å². The minimum Gasteiger partial charge on any atom is -0.354 e. The highest BCUT2D eigenvalue weighted by Crippen LogP contribution is 2.22. The molecule has 2 unspecified atom stereocenters. The average Bonchev–Trinajstić information content (AvgIpc) is 2.53. The minimum atomic E-state index is 0.412. The summed E-state index contributed by atoms with van der Waals surface area (Å²) in [6, 6.07) is 0. The summed E-state index contributed by atoms with van der Waals surface area (Å²) < 4.78 is 6.94. The van der Waals surface area contributed by atoms with Crippen LogP contribution in [-0.2, 0) is 4.74 Å². The van der Waals surface area contributed by atoms with Gasteiger partial charge in [0.2, 0.25) is 0 Å². The van der Waals surface area contributed by atoms with Gasteiger partial charge in [-0.15, -0.1) is 0 Å². The molecule has 0 aromatic heterocycles. The summed E-state index contributed by atoms with van der Waals surface area (Å²) in [6.45, 7) is 4.57. The molecule has 0 rings (SSSR count). The Labute approximate surface area is 173 Å². The molecular formula is C20H40I2O. The molecule has 0 saturated carbocycles. The largest absolute Gasteiger partial charge is 0.354 e. The van der Waals surface area contributed by atoms with Crippen LogP contribution < -0.4 is 0 Å². The van der Waals surface area contributed by atoms with Crippen LogP contribution >= 0.6 is 45.2 Å². The Balaban J connectivity index is 3.32. The zero-order chi connectivity index (χ0) is 17.2. The Hall–Kier alpha value is 1.42. The van der Waals surface area contributed by atoms with E-state index in [4.69, 9.17) is 4.74 Å². The Kier molecular flexibility index (Phi) is 21.0. The molecule has 0 radical (unpaired) electrons. The van der Waals surface area contributed by atoms with Crippen LogP contribution in [0.25, 0.3) is 0 Å². The lowest BCUT2D eigenvalue weighted by atomic mass is 10.1. The second-order valence-electron chi connectivity index (χ2n) is 6.78. The van der Waals surface area contributed by atoms with Crippen LogP contribution in [0.5, 0.6) is 0 Å². The van der Waals surface area contributed by atoms with Crippen molar-refractivity contribution in [3.05, 3.63) is 0 Å². The molecule has 3 heteroatoms. The molecular weight excluding hydrogens is 510 g/mol. The summed E-state index contributed by atoms with van der Waals surface area (Å²) in [4.78, 5) is 0. The van der Waals surface area contributed by atoms with Crippen molar-refractivity contribution >= 4 is 45.2 Å². The normalized spacial score (nSPS) is 14.1. The lowest BCUT2D eigenvalue weighted by Gasteiger charge is -2.16. The first-order valence-corrected chi connectivity index (χ1v) is 12.6. The molecule has 0 aliphatic heterocycles. The van der Waals surface area contributed by atoms with E-state index < -0.39 is 0 Å². The van der Waals surface area contributed by atoms with E-state index in [0.29, 0.717) is 8.22 Å². The molecule has 1 nitrogen and oxygen atoms in total. The van der Waals surface area contributed by atoms with Crippen LogP contribution in [0.4, 0.5) is 0 Å². The van der Waals surface area contributed by atoms with E-state index in [9.17, 15) is 0 Å². The number of halogens is 2. The number of unbranched alkanes of at least 4 members (excludes halogenated alkanes) is 12. The van der Waals surface area contributed by atoms with E-state index in [2.05, 4.69) is 59.0 Å². The summed E-state index contributed by atoms with van der Waals surface area (Å²) in [5.74, 6) is 0. The fraction of sp³-hybridized carbons (Fsp3) is 1.00. The summed E-state index contributed by atoms with van der Waals surface area (Å²) in [7, 11) is 0. The smallest absolute Gasteiger partial charge is 0.110 e. The van der Waals surface area contributed by atoms with Crippen molar-refractivity contribution in [1.82, 2.24) is 0 Å². The maximum absolute atomic E-state index is 6.11. The van der Waals surface area contributed by atoms with Crippen molar-refractivity contribution in [2.24, 2.45) is 0 Å². The van der Waals surface area contributed by atoms with Gasteiger partial charge in [-0.1, -0.05) is 149 Å². The third-order valence-electron chi connectivity index (χ3n) is 4.36. The van der Waals surface area contributed by atoms with Crippen LogP contribution in [-0.4, -0.2) is 8.22 Å². The highest BCUT2D eigenvalue weighted by Gasteiger charge is 2.10. The number of hydrogen-bond donors (Lipinski definition) is 0. The highest BCUT2D eigenvalue weighted by molar-refractivity contribution is 14.1. The van der Waals surface area contributed by atoms with Crippen molar-refractivity contribution in [2.45, 2.75) is 125 Å². The van der Waals surface area contributed by atoms with Gasteiger partial charge < -0.3 is 4.74 Å². The molecule has 0 bridgehead atoms. The molecule has 0 amide bonds. The SMILES string of the molecule is CCCCCCCCCC(I)OC(I)CCCCCCCCC. The van der Waals surface area contributed by atoms with Gasteiger partial charge in [0.25, 0.3) is 0 Å². The zero-order valence-corrected chi connectivity index (χ0v) is 19.9. The van der Waals surface area contributed by atoms with Crippen molar-refractivity contribution in [3.8, 4) is 0 Å². The van der Waals surface area contributed by atoms with Gasteiger partial charge in [-0.2, -0.15) is 0 Å². The van der Waals surface area contributed by atoms with Crippen LogP contribution in [0.15, 0.2) is 0 Å². The van der Waals surface area contributed by atoms with Crippen LogP contribution in [0.2, 0.25) is 0 Å². The van der Waals surface area contributed by atoms with Crippen LogP contribution in [0.1, 0.15) is 117 Å². The predicted molar refractivity (Wildman–Crippen MR) is 122 cm³/mol. The summed E-state index contributed by atoms with van der Waals surface area (Å²) in [5.41, 5.74) is 0. The first-order chi connectivity index (χ1) is 11.2. The summed E-state index contributed by atoms with van der Waals surface area (Å²) in [6.07, 6.45) is 21.9. The van der Waals surface area contributed by atoms with Crippen molar-refractivity contribution < 1.29 is 4.74 Å². The maximum atomic E-state index is 6.11. The van der Waals surface area contributed by atoms with Gasteiger partial charge in [0.1, 0.15) is 8.22 Å². The van der Waals surface area contributed by atoms with Gasteiger partial charge in [-0.25, -0.2) is 0 Å². The fourth-order valence-corrected chi connectivity index (χ4v) is 4.97. The average molecular weight is 550 g/mol. The Morgan fingerprint density at radius 1 is 0.522 bits per heavy atom. The number of ether oxygens (including phenoxy) is 1. The van der Waals surface area contributed by atoms with Gasteiger partial charge >= 0.3 is 0 Å². The lowest BCUT2D eigenvalue weighted by Crippen LogP contribution is -2.12. The molecule has 0 heterocycles. The third kappa shape index (κ3) is 19.6. The van der Waals surface area contributed by atoms with E-state index in [1.807, 2.05) is 0 Å². The molecule has 0 saturated heterocycles. The topological polar surface area (TPSA) is 9.23 Å². The molecule has 0 aromatic carbocycles. The number of rotatable bonds is 18. The maximum Gasteiger partial charge on any atom is 0.110 e. The summed E-state index contributed by atoms with van der Waals surface area (Å²) >= 11 is 4.98. The molecule has 0 spiro atoms. The van der Waals surface area contributed by atoms with Gasteiger partial charge in [0, 0.05) is 0 Å². The van der Waals surface area contributed by atoms with Crippen LogP contribution in [0.3, 0.4) is 0 Å². The second-order valence-corrected chi connectivity index (χ2v) is 9.55. The Bertz CT molecular complexity index is 202. The van der Waals surface area contributed by atoms with E-state index in [-0.39, 0.29) is 0 Å². The quantitative estimate of drug-likeness (QED) is 0.0942. The first-order valence-electron chi connectivity index (χ1n) is 10.1. The van der Waals surface area contributed by atoms with Crippen LogP contribution in [0, 0.1) is 0 Å². The molecule has 2 atom stereocenters. The third-order valence-corrected chi connectivity index (χ3v) is 6.20. The Morgan fingerprint density at radius 2 is 0.826 bits per heavy atom. The molecule has 140 valence electrons. The zero-order valence-electron chi connectivity index (χ0n) is 15.6. The highest BCUT2D eigenvalue weighted by atomic mass is 127. The van der Waals surface area contributed by atoms with Crippen molar-refractivity contribution in [3.63, 3.8) is 0 Å². The molecule has 23 heavy (non-hydrogen) atoms. The molecule has 0 aliphatic carbocycles. The number of hydrogen-bond acceptors (Lipinski definition) is 1. The summed E-state index contributed by atoms with van der Waals surface area (Å²) in [5, 5.41) is 0. The molecule has 0 aromatic rings. The van der Waals surface area contributed by atoms with E-state index >= 15 is 0 Å². The standard InChI is InChI=1S/C20H40I2O/c1-3-5-7-9-11-13-15-17-19(21)23-20(22)18-16-14-12-10-8-6-4-2/h19-20H,3-18H2,1-2H3. The Morgan fingerprint density at radius 3 is 1.17 bits per heavy atom. The lowest BCUT2D eigenvalue weighted by molar-refractivity contribution is 0.0988. The van der Waals surface area contributed by atoms with Gasteiger partial charge in [0.05, 0.1) is 0 Å². The van der Waals surface area contributed by atoms with Gasteiger partial charge in [-0.05, 0) is 12.8 Å². The van der Waals surface area contributed by atoms with E-state index in [1.165, 1.54) is 103 Å². The fourth-order valence-electron chi connectivity index (χ4n) is 2.82. The molecule has 0 N–H and O–H groups in total. The predicted octanol–water partition coefficient (Wildman–Crippen LogP) is 8.81. The van der Waals surface area contributed by atoms with Crippen molar-refractivity contribution in [1.29, 1.82) is 0 Å². The van der Waals surface area contributed by atoms with E-state index in [1.54, 1.807) is 0 Å². The minimum absolute atomic E-state index is 0.412. The van der Waals surface area contributed by atoms with Gasteiger partial charge in [-0.3, -0.25) is 0 Å². The second kappa shape index (κ2) is 19.7. The first kappa shape index (κ1) is 24.4. The van der Waals surface area contributed by atoms with E-state index in [0.717, 1.165) is 0 Å². The van der Waals surface area contributed by atoms with Crippen molar-refractivity contribution in [2.75, 3.05) is 0 Å². The number of alkyl halides is 2.